The van der Waals surface area contributed by atoms with Gasteiger partial charge in [-0.1, -0.05) is 24.1 Å². The topological polar surface area (TPSA) is 95.2 Å². The van der Waals surface area contributed by atoms with Crippen LogP contribution >= 0.6 is 0 Å². The molecule has 0 amide bonds. The van der Waals surface area contributed by atoms with Crippen molar-refractivity contribution in [1.29, 1.82) is 0 Å². The summed E-state index contributed by atoms with van der Waals surface area (Å²) < 4.78 is 57.3. The second-order valence-electron chi connectivity index (χ2n) is 9.57. The first-order valence-electron chi connectivity index (χ1n) is 12.0. The Hall–Kier alpha value is -3.68. The van der Waals surface area contributed by atoms with Crippen LogP contribution in [0.15, 0.2) is 53.7 Å². The molecule has 3 heterocycles. The summed E-state index contributed by atoms with van der Waals surface area (Å²) in [6.45, 7) is 9.44. The maximum Gasteiger partial charge on any atom is 0.269 e. The normalized spacial score (nSPS) is 18.1. The lowest BCUT2D eigenvalue weighted by molar-refractivity contribution is 0.316. The van der Waals surface area contributed by atoms with Crippen LogP contribution < -0.4 is 5.73 Å². The predicted octanol–water partition coefficient (Wildman–Crippen LogP) is 5.53. The summed E-state index contributed by atoms with van der Waals surface area (Å²) in [5.41, 5.74) is 7.32. The van der Waals surface area contributed by atoms with Crippen molar-refractivity contribution in [3.05, 3.63) is 83.1 Å². The van der Waals surface area contributed by atoms with Gasteiger partial charge in [-0.05, 0) is 62.8 Å². The number of rotatable bonds is 5. The van der Waals surface area contributed by atoms with Crippen molar-refractivity contribution in [2.24, 2.45) is 11.7 Å². The van der Waals surface area contributed by atoms with Crippen LogP contribution in [0.25, 0.3) is 27.1 Å². The van der Waals surface area contributed by atoms with Crippen molar-refractivity contribution < 1.29 is 17.2 Å². The van der Waals surface area contributed by atoms with Gasteiger partial charge in [0.25, 0.3) is 10.0 Å². The molecule has 2 atom stereocenters. The van der Waals surface area contributed by atoms with E-state index in [2.05, 4.69) is 14.8 Å². The molecule has 10 heteroatoms. The van der Waals surface area contributed by atoms with Crippen LogP contribution in [0.1, 0.15) is 36.9 Å². The van der Waals surface area contributed by atoms with E-state index >= 15 is 4.39 Å². The highest BCUT2D eigenvalue weighted by molar-refractivity contribution is 7.90. The van der Waals surface area contributed by atoms with Gasteiger partial charge in [0, 0.05) is 23.2 Å². The van der Waals surface area contributed by atoms with E-state index in [9.17, 15) is 12.8 Å². The summed E-state index contributed by atoms with van der Waals surface area (Å²) in [7, 11) is -4.11. The van der Waals surface area contributed by atoms with Crippen molar-refractivity contribution in [1.82, 2.24) is 13.9 Å². The maximum atomic E-state index is 15.0. The van der Waals surface area contributed by atoms with Crippen LogP contribution in [-0.2, 0) is 16.4 Å². The lowest BCUT2D eigenvalue weighted by Crippen LogP contribution is -2.29. The van der Waals surface area contributed by atoms with Gasteiger partial charge in [-0.15, -0.1) is 0 Å². The predicted molar refractivity (Wildman–Crippen MR) is 137 cm³/mol. The van der Waals surface area contributed by atoms with Crippen LogP contribution in [0.4, 0.5) is 14.5 Å². The molecule has 4 aromatic rings. The first-order chi connectivity index (χ1) is 17.7. The molecule has 0 bridgehead atoms. The number of nitrogens with two attached hydrogens (primary N) is 1. The summed E-state index contributed by atoms with van der Waals surface area (Å²) in [5, 5.41) is 0.158. The van der Waals surface area contributed by atoms with E-state index < -0.39 is 21.7 Å². The second-order valence-corrected chi connectivity index (χ2v) is 11.4. The van der Waals surface area contributed by atoms with E-state index in [0.29, 0.717) is 6.42 Å². The third-order valence-corrected chi connectivity index (χ3v) is 8.53. The minimum absolute atomic E-state index is 0.0150. The zero-order valence-electron chi connectivity index (χ0n) is 20.2. The molecule has 1 aliphatic rings. The summed E-state index contributed by atoms with van der Waals surface area (Å²) >= 11 is 0. The molecule has 0 radical (unpaired) electrons. The molecule has 1 aromatic carbocycles. The molecule has 190 valence electrons. The number of aromatic nitrogens is 3. The Morgan fingerprint density at radius 3 is 2.65 bits per heavy atom. The highest BCUT2D eigenvalue weighted by Gasteiger charge is 2.27. The highest BCUT2D eigenvalue weighted by atomic mass is 32.2. The molecule has 3 aromatic heterocycles. The smallest absolute Gasteiger partial charge is 0.269 e. The van der Waals surface area contributed by atoms with Gasteiger partial charge in [0.2, 0.25) is 5.69 Å². The number of halogens is 2. The molecular formula is C27H25F2N5O2S. The Morgan fingerprint density at radius 2 is 1.95 bits per heavy atom. The molecular weight excluding hydrogens is 496 g/mol. The lowest BCUT2D eigenvalue weighted by atomic mass is 9.83. The molecule has 1 saturated carbocycles. The Labute approximate surface area is 213 Å². The molecule has 0 aliphatic heterocycles. The molecule has 1 aliphatic carbocycles. The number of nitrogens with zero attached hydrogens (tertiary/aromatic N) is 4. The van der Waals surface area contributed by atoms with Gasteiger partial charge < -0.3 is 5.73 Å². The van der Waals surface area contributed by atoms with E-state index in [4.69, 9.17) is 12.3 Å². The molecule has 5 rings (SSSR count). The monoisotopic (exact) mass is 521 g/mol. The molecule has 0 saturated heterocycles. The number of fused-ring (bicyclic) bond motifs is 1. The van der Waals surface area contributed by atoms with Gasteiger partial charge in [-0.25, -0.2) is 31.0 Å². The van der Waals surface area contributed by atoms with Crippen molar-refractivity contribution in [2.75, 3.05) is 0 Å². The number of pyridine rings is 2. The fourth-order valence-corrected chi connectivity index (χ4v) is 6.31. The molecule has 2 N–H and O–H groups in total. The summed E-state index contributed by atoms with van der Waals surface area (Å²) in [6, 6.07) is 8.63. The van der Waals surface area contributed by atoms with Crippen molar-refractivity contribution in [3.63, 3.8) is 0 Å². The Balaban J connectivity index is 1.68. The van der Waals surface area contributed by atoms with Crippen molar-refractivity contribution in [2.45, 2.75) is 50.0 Å². The first kappa shape index (κ1) is 25.0. The third-order valence-electron chi connectivity index (χ3n) is 6.87. The van der Waals surface area contributed by atoms with Crippen molar-refractivity contribution >= 4 is 26.7 Å². The van der Waals surface area contributed by atoms with Crippen LogP contribution in [-0.4, -0.2) is 28.4 Å². The van der Waals surface area contributed by atoms with E-state index in [-0.39, 0.29) is 50.5 Å². The van der Waals surface area contributed by atoms with E-state index in [1.165, 1.54) is 18.3 Å². The summed E-state index contributed by atoms with van der Waals surface area (Å²) in [4.78, 5) is 12.0. The quantitative estimate of drug-likeness (QED) is 0.348. The average molecular weight is 522 g/mol. The third kappa shape index (κ3) is 4.72. The number of hydrogen-bond donors (Lipinski definition) is 1. The summed E-state index contributed by atoms with van der Waals surface area (Å²) in [5.74, 6) is -1.13. The second kappa shape index (κ2) is 9.65. The maximum absolute atomic E-state index is 15.0. The Bertz CT molecular complexity index is 1640. The van der Waals surface area contributed by atoms with E-state index in [0.717, 1.165) is 53.5 Å². The SMILES string of the molecule is [C-]#[N+]c1cc(F)c(C[C@H]2CCC[C@@H](N)C2)nc1-c1cn(S(=O)(=O)c2ccc(C)cc2)c2ncc(F)cc12. The largest absolute Gasteiger partial charge is 0.328 e. The van der Waals surface area contributed by atoms with Crippen LogP contribution in [0.3, 0.4) is 0 Å². The van der Waals surface area contributed by atoms with Gasteiger partial charge in [0.15, 0.2) is 5.65 Å². The van der Waals surface area contributed by atoms with Gasteiger partial charge in [-0.2, -0.15) is 0 Å². The van der Waals surface area contributed by atoms with Crippen LogP contribution in [0.5, 0.6) is 0 Å². The summed E-state index contributed by atoms with van der Waals surface area (Å²) in [6.07, 6.45) is 6.10. The average Bonchev–Trinajstić information content (AvgIpc) is 3.24. The number of hydrogen-bond acceptors (Lipinski definition) is 5. The Kier molecular flexibility index (Phi) is 6.52. The van der Waals surface area contributed by atoms with E-state index in [1.807, 2.05) is 6.92 Å². The number of benzene rings is 1. The molecule has 7 nitrogen and oxygen atoms in total. The minimum Gasteiger partial charge on any atom is -0.328 e. The molecule has 0 spiro atoms. The molecule has 37 heavy (non-hydrogen) atoms. The number of aryl methyl sites for hydroxylation is 1. The van der Waals surface area contributed by atoms with Crippen molar-refractivity contribution in [3.8, 4) is 11.3 Å². The van der Waals surface area contributed by atoms with Gasteiger partial charge in [-0.3, -0.25) is 4.98 Å². The van der Waals surface area contributed by atoms with Crippen LogP contribution in [0, 0.1) is 31.0 Å². The zero-order chi connectivity index (χ0) is 26.3. The zero-order valence-corrected chi connectivity index (χ0v) is 21.0. The van der Waals surface area contributed by atoms with E-state index in [1.54, 1.807) is 12.1 Å². The minimum atomic E-state index is -4.11. The fraction of sp³-hybridized carbons (Fsp3) is 0.296. The molecule has 1 fully saturated rings. The van der Waals surface area contributed by atoms with Gasteiger partial charge >= 0.3 is 0 Å². The van der Waals surface area contributed by atoms with Gasteiger partial charge in [0.1, 0.15) is 11.6 Å². The Morgan fingerprint density at radius 1 is 1.19 bits per heavy atom. The lowest BCUT2D eigenvalue weighted by Gasteiger charge is -2.26. The molecule has 0 unspecified atom stereocenters. The fourth-order valence-electron chi connectivity index (χ4n) is 4.98. The highest BCUT2D eigenvalue weighted by Crippen LogP contribution is 2.38. The first-order valence-corrected chi connectivity index (χ1v) is 13.4. The standard InChI is InChI=1S/C27H25F2N5O2S/c1-16-6-8-20(9-7-16)37(35,36)34-15-22(21-12-18(28)14-32-27(21)34)26-25(31-2)13-23(29)24(33-26)11-17-4-3-5-19(30)10-17/h6-9,12-15,17,19H,3-5,10-11,30H2,1H3/t17-,19+/m0/s1. The van der Waals surface area contributed by atoms with Crippen LogP contribution in [0.2, 0.25) is 0 Å². The van der Waals surface area contributed by atoms with Gasteiger partial charge in [0.05, 0.1) is 29.1 Å².